The zero-order valence-electron chi connectivity index (χ0n) is 12.9. The molecule has 5 nitrogen and oxygen atoms in total. The SMILES string of the molecule is CC(C)CC[C@@H](C)NC(=O)COc1ccc(C(N)=O)cc1. The predicted octanol–water partition coefficient (Wildman–Crippen LogP) is 2.11. The van der Waals surface area contributed by atoms with Crippen molar-refractivity contribution in [3.8, 4) is 5.75 Å². The van der Waals surface area contributed by atoms with Gasteiger partial charge in [-0.3, -0.25) is 9.59 Å². The molecule has 1 aromatic rings. The summed E-state index contributed by atoms with van der Waals surface area (Å²) in [5.41, 5.74) is 5.56. The highest BCUT2D eigenvalue weighted by atomic mass is 16.5. The smallest absolute Gasteiger partial charge is 0.258 e. The Balaban J connectivity index is 2.34. The van der Waals surface area contributed by atoms with Gasteiger partial charge in [0.1, 0.15) is 5.75 Å². The van der Waals surface area contributed by atoms with Crippen molar-refractivity contribution in [3.63, 3.8) is 0 Å². The first-order valence-corrected chi connectivity index (χ1v) is 7.20. The molecule has 0 aliphatic rings. The lowest BCUT2D eigenvalue weighted by Gasteiger charge is -2.15. The molecule has 0 fully saturated rings. The van der Waals surface area contributed by atoms with Crippen LogP contribution in [0.1, 0.15) is 44.0 Å². The average molecular weight is 292 g/mol. The summed E-state index contributed by atoms with van der Waals surface area (Å²) in [7, 11) is 0. The highest BCUT2D eigenvalue weighted by Crippen LogP contribution is 2.11. The van der Waals surface area contributed by atoms with Crippen molar-refractivity contribution in [2.45, 2.75) is 39.7 Å². The van der Waals surface area contributed by atoms with Gasteiger partial charge in [-0.1, -0.05) is 13.8 Å². The molecule has 0 unspecified atom stereocenters. The fourth-order valence-corrected chi connectivity index (χ4v) is 1.84. The molecule has 0 aromatic heterocycles. The van der Waals surface area contributed by atoms with E-state index in [0.717, 1.165) is 12.8 Å². The van der Waals surface area contributed by atoms with Gasteiger partial charge in [0.15, 0.2) is 6.61 Å². The van der Waals surface area contributed by atoms with E-state index in [1.807, 2.05) is 6.92 Å². The number of carbonyl (C=O) groups is 2. The number of benzene rings is 1. The van der Waals surface area contributed by atoms with E-state index in [1.54, 1.807) is 24.3 Å². The molecule has 0 spiro atoms. The Labute approximate surface area is 125 Å². The second-order valence-corrected chi connectivity index (χ2v) is 5.62. The lowest BCUT2D eigenvalue weighted by molar-refractivity contribution is -0.123. The van der Waals surface area contributed by atoms with Crippen LogP contribution < -0.4 is 15.8 Å². The maximum absolute atomic E-state index is 11.7. The van der Waals surface area contributed by atoms with E-state index in [1.165, 1.54) is 0 Å². The first kappa shape index (κ1) is 17.0. The number of nitrogens with one attached hydrogen (secondary N) is 1. The van der Waals surface area contributed by atoms with Crippen LogP contribution in [0.5, 0.6) is 5.75 Å². The minimum absolute atomic E-state index is 0.0397. The second kappa shape index (κ2) is 8.29. The number of primary amides is 1. The lowest BCUT2D eigenvalue weighted by Crippen LogP contribution is -2.36. The third-order valence-electron chi connectivity index (χ3n) is 3.09. The molecular weight excluding hydrogens is 268 g/mol. The molecule has 116 valence electrons. The van der Waals surface area contributed by atoms with E-state index in [9.17, 15) is 9.59 Å². The quantitative estimate of drug-likeness (QED) is 0.770. The van der Waals surface area contributed by atoms with E-state index in [0.29, 0.717) is 17.2 Å². The van der Waals surface area contributed by atoms with Crippen LogP contribution in [-0.2, 0) is 4.79 Å². The molecule has 0 saturated heterocycles. The monoisotopic (exact) mass is 292 g/mol. The largest absolute Gasteiger partial charge is 0.484 e. The molecule has 1 aromatic carbocycles. The molecule has 0 bridgehead atoms. The summed E-state index contributed by atoms with van der Waals surface area (Å²) >= 11 is 0. The van der Waals surface area contributed by atoms with Crippen LogP contribution in [0.25, 0.3) is 0 Å². The van der Waals surface area contributed by atoms with Gasteiger partial charge in [-0.25, -0.2) is 0 Å². The average Bonchev–Trinajstić information content (AvgIpc) is 2.43. The number of hydrogen-bond acceptors (Lipinski definition) is 3. The topological polar surface area (TPSA) is 81.4 Å². The van der Waals surface area contributed by atoms with E-state index < -0.39 is 5.91 Å². The highest BCUT2D eigenvalue weighted by Gasteiger charge is 2.09. The number of rotatable bonds is 8. The van der Waals surface area contributed by atoms with Gasteiger partial charge in [0.2, 0.25) is 5.91 Å². The van der Waals surface area contributed by atoms with Crippen molar-refractivity contribution >= 4 is 11.8 Å². The fourth-order valence-electron chi connectivity index (χ4n) is 1.84. The predicted molar refractivity (Wildman–Crippen MR) is 82.1 cm³/mol. The summed E-state index contributed by atoms with van der Waals surface area (Å²) in [6.45, 7) is 6.27. The van der Waals surface area contributed by atoms with Gasteiger partial charge in [0, 0.05) is 11.6 Å². The third kappa shape index (κ3) is 6.79. The maximum Gasteiger partial charge on any atom is 0.258 e. The second-order valence-electron chi connectivity index (χ2n) is 5.62. The van der Waals surface area contributed by atoms with Crippen LogP contribution in [0.3, 0.4) is 0 Å². The first-order chi connectivity index (χ1) is 9.88. The molecule has 0 heterocycles. The molecule has 2 amide bonds. The molecule has 3 N–H and O–H groups in total. The molecule has 0 radical (unpaired) electrons. The Kier molecular flexibility index (Phi) is 6.72. The van der Waals surface area contributed by atoms with Gasteiger partial charge >= 0.3 is 0 Å². The van der Waals surface area contributed by atoms with Crippen molar-refractivity contribution in [1.29, 1.82) is 0 Å². The summed E-state index contributed by atoms with van der Waals surface area (Å²) in [5.74, 6) is 0.526. The van der Waals surface area contributed by atoms with Crippen LogP contribution in [0, 0.1) is 5.92 Å². The Morgan fingerprint density at radius 2 is 1.76 bits per heavy atom. The zero-order chi connectivity index (χ0) is 15.8. The molecule has 1 atom stereocenters. The minimum atomic E-state index is -0.488. The van der Waals surface area contributed by atoms with Gasteiger partial charge in [0.05, 0.1) is 0 Å². The normalized spacial score (nSPS) is 12.0. The van der Waals surface area contributed by atoms with Crippen LogP contribution in [0.15, 0.2) is 24.3 Å². The van der Waals surface area contributed by atoms with Gasteiger partial charge in [-0.15, -0.1) is 0 Å². The number of amides is 2. The van der Waals surface area contributed by atoms with Gasteiger partial charge in [0.25, 0.3) is 5.91 Å². The van der Waals surface area contributed by atoms with Gasteiger partial charge < -0.3 is 15.8 Å². The fraction of sp³-hybridized carbons (Fsp3) is 0.500. The van der Waals surface area contributed by atoms with Crippen molar-refractivity contribution in [1.82, 2.24) is 5.32 Å². The van der Waals surface area contributed by atoms with Crippen LogP contribution in [0.2, 0.25) is 0 Å². The van der Waals surface area contributed by atoms with E-state index in [4.69, 9.17) is 10.5 Å². The Morgan fingerprint density at radius 1 is 1.14 bits per heavy atom. The number of nitrogens with two attached hydrogens (primary N) is 1. The molecule has 0 aliphatic heterocycles. The summed E-state index contributed by atoms with van der Waals surface area (Å²) < 4.78 is 5.36. The van der Waals surface area contributed by atoms with Gasteiger partial charge in [-0.2, -0.15) is 0 Å². The van der Waals surface area contributed by atoms with E-state index in [2.05, 4.69) is 19.2 Å². The first-order valence-electron chi connectivity index (χ1n) is 7.20. The van der Waals surface area contributed by atoms with Crippen molar-refractivity contribution in [3.05, 3.63) is 29.8 Å². The molecule has 1 rings (SSSR count). The molecule has 21 heavy (non-hydrogen) atoms. The summed E-state index contributed by atoms with van der Waals surface area (Å²) in [6.07, 6.45) is 2.04. The van der Waals surface area contributed by atoms with E-state index in [-0.39, 0.29) is 18.6 Å². The van der Waals surface area contributed by atoms with Gasteiger partial charge in [-0.05, 0) is 49.9 Å². The summed E-state index contributed by atoms with van der Waals surface area (Å²) in [4.78, 5) is 22.7. The van der Waals surface area contributed by atoms with Crippen LogP contribution in [-0.4, -0.2) is 24.5 Å². The summed E-state index contributed by atoms with van der Waals surface area (Å²) in [6, 6.07) is 6.52. The number of hydrogen-bond donors (Lipinski definition) is 2. The Hall–Kier alpha value is -2.04. The molecule has 5 heteroatoms. The van der Waals surface area contributed by atoms with Crippen molar-refractivity contribution in [2.24, 2.45) is 11.7 Å². The van der Waals surface area contributed by atoms with Crippen LogP contribution in [0.4, 0.5) is 0 Å². The molecular formula is C16H24N2O3. The molecule has 0 saturated carbocycles. The zero-order valence-corrected chi connectivity index (χ0v) is 12.9. The Bertz CT molecular complexity index is 469. The third-order valence-corrected chi connectivity index (χ3v) is 3.09. The Morgan fingerprint density at radius 3 is 2.29 bits per heavy atom. The standard InChI is InChI=1S/C16H24N2O3/c1-11(2)4-5-12(3)18-15(19)10-21-14-8-6-13(7-9-14)16(17)20/h6-9,11-12H,4-5,10H2,1-3H3,(H2,17,20)(H,18,19)/t12-/m1/s1. The minimum Gasteiger partial charge on any atom is -0.484 e. The number of carbonyl (C=O) groups excluding carboxylic acids is 2. The maximum atomic E-state index is 11.7. The van der Waals surface area contributed by atoms with E-state index >= 15 is 0 Å². The van der Waals surface area contributed by atoms with Crippen molar-refractivity contribution < 1.29 is 14.3 Å². The molecule has 0 aliphatic carbocycles. The number of ether oxygens (including phenoxy) is 1. The highest BCUT2D eigenvalue weighted by molar-refractivity contribution is 5.92. The summed E-state index contributed by atoms with van der Waals surface area (Å²) in [5, 5.41) is 2.90. The van der Waals surface area contributed by atoms with Crippen LogP contribution >= 0.6 is 0 Å². The van der Waals surface area contributed by atoms with Crippen molar-refractivity contribution in [2.75, 3.05) is 6.61 Å². The lowest BCUT2D eigenvalue weighted by atomic mass is 10.0.